The zero-order valence-electron chi connectivity index (χ0n) is 9.11. The van der Waals surface area contributed by atoms with Gasteiger partial charge in [0.05, 0.1) is 0 Å². The molecule has 0 aromatic carbocycles. The van der Waals surface area contributed by atoms with E-state index in [0.29, 0.717) is 11.2 Å². The van der Waals surface area contributed by atoms with Crippen LogP contribution in [0.3, 0.4) is 0 Å². The molecule has 2 rings (SSSR count). The summed E-state index contributed by atoms with van der Waals surface area (Å²) in [5.41, 5.74) is 0. The van der Waals surface area contributed by atoms with Gasteiger partial charge in [-0.2, -0.15) is 0 Å². The van der Waals surface area contributed by atoms with Gasteiger partial charge < -0.3 is 4.90 Å². The minimum absolute atomic E-state index is 0.613. The Hall–Kier alpha value is -0.320. The molecule has 1 fully saturated rings. The highest BCUT2D eigenvalue weighted by Gasteiger charge is 2.24. The van der Waals surface area contributed by atoms with Crippen molar-refractivity contribution in [2.75, 3.05) is 31.6 Å². The van der Waals surface area contributed by atoms with Crippen molar-refractivity contribution in [3.05, 3.63) is 10.5 Å². The van der Waals surface area contributed by atoms with Gasteiger partial charge >= 0.3 is 0 Å². The number of aromatic nitrogens is 1. The Morgan fingerprint density at radius 2 is 2.40 bits per heavy atom. The van der Waals surface area contributed by atoms with E-state index in [1.165, 1.54) is 6.42 Å². The zero-order valence-corrected chi connectivity index (χ0v) is 10.7. The van der Waals surface area contributed by atoms with Gasteiger partial charge in [-0.05, 0) is 13.5 Å². The SMILES string of the molecule is CCC1CN(c2nc(Cl)cs2)CCN1C. The van der Waals surface area contributed by atoms with Crippen LogP contribution in [0.4, 0.5) is 5.13 Å². The second-order valence-corrected chi connectivity index (χ2v) is 5.17. The van der Waals surface area contributed by atoms with Crippen LogP contribution in [-0.4, -0.2) is 42.6 Å². The summed E-state index contributed by atoms with van der Waals surface area (Å²) in [6, 6.07) is 0.640. The van der Waals surface area contributed by atoms with E-state index < -0.39 is 0 Å². The lowest BCUT2D eigenvalue weighted by molar-refractivity contribution is 0.213. The Morgan fingerprint density at radius 1 is 1.60 bits per heavy atom. The molecule has 1 aromatic heterocycles. The maximum absolute atomic E-state index is 5.84. The summed E-state index contributed by atoms with van der Waals surface area (Å²) in [5.74, 6) is 0. The molecule has 1 aliphatic heterocycles. The lowest BCUT2D eigenvalue weighted by Gasteiger charge is -2.38. The van der Waals surface area contributed by atoms with E-state index >= 15 is 0 Å². The van der Waals surface area contributed by atoms with Crippen molar-refractivity contribution < 1.29 is 0 Å². The molecule has 1 atom stereocenters. The Balaban J connectivity index is 2.06. The van der Waals surface area contributed by atoms with Crippen LogP contribution in [0.2, 0.25) is 5.15 Å². The fourth-order valence-electron chi connectivity index (χ4n) is 1.95. The minimum Gasteiger partial charge on any atom is -0.345 e. The van der Waals surface area contributed by atoms with E-state index in [1.54, 1.807) is 11.3 Å². The number of nitrogens with zero attached hydrogens (tertiary/aromatic N) is 3. The number of rotatable bonds is 2. The van der Waals surface area contributed by atoms with E-state index in [2.05, 4.69) is 28.8 Å². The molecule has 0 N–H and O–H groups in total. The molecule has 2 heterocycles. The molecule has 1 unspecified atom stereocenters. The highest BCUT2D eigenvalue weighted by molar-refractivity contribution is 7.14. The first-order valence-electron chi connectivity index (χ1n) is 5.27. The van der Waals surface area contributed by atoms with Gasteiger partial charge in [-0.3, -0.25) is 4.90 Å². The van der Waals surface area contributed by atoms with Crippen molar-refractivity contribution in [3.63, 3.8) is 0 Å². The van der Waals surface area contributed by atoms with E-state index in [-0.39, 0.29) is 0 Å². The first kappa shape index (κ1) is 11.2. The number of piperazine rings is 1. The number of halogens is 1. The molecule has 15 heavy (non-hydrogen) atoms. The lowest BCUT2D eigenvalue weighted by Crippen LogP contribution is -2.51. The first-order chi connectivity index (χ1) is 7.20. The Labute approximate surface area is 99.7 Å². The zero-order chi connectivity index (χ0) is 10.8. The van der Waals surface area contributed by atoms with E-state index in [4.69, 9.17) is 11.6 Å². The monoisotopic (exact) mass is 245 g/mol. The van der Waals surface area contributed by atoms with Crippen molar-refractivity contribution >= 4 is 28.1 Å². The molecule has 5 heteroatoms. The number of hydrogen-bond acceptors (Lipinski definition) is 4. The molecule has 1 aromatic rings. The van der Waals surface area contributed by atoms with Crippen LogP contribution in [-0.2, 0) is 0 Å². The smallest absolute Gasteiger partial charge is 0.186 e. The van der Waals surface area contributed by atoms with Crippen LogP contribution in [0.5, 0.6) is 0 Å². The lowest BCUT2D eigenvalue weighted by atomic mass is 10.1. The molecular weight excluding hydrogens is 230 g/mol. The Kier molecular flexibility index (Phi) is 3.49. The maximum Gasteiger partial charge on any atom is 0.186 e. The average molecular weight is 246 g/mol. The predicted molar refractivity (Wildman–Crippen MR) is 66.0 cm³/mol. The Morgan fingerprint density at radius 3 is 3.00 bits per heavy atom. The number of hydrogen-bond donors (Lipinski definition) is 0. The molecule has 0 spiro atoms. The molecule has 3 nitrogen and oxygen atoms in total. The topological polar surface area (TPSA) is 19.4 Å². The average Bonchev–Trinajstić information content (AvgIpc) is 2.66. The van der Waals surface area contributed by atoms with E-state index in [1.807, 2.05) is 5.38 Å². The summed E-state index contributed by atoms with van der Waals surface area (Å²) in [6.45, 7) is 5.46. The molecule has 0 radical (unpaired) electrons. The summed E-state index contributed by atoms with van der Waals surface area (Å²) in [7, 11) is 2.19. The largest absolute Gasteiger partial charge is 0.345 e. The van der Waals surface area contributed by atoms with Crippen LogP contribution in [0.1, 0.15) is 13.3 Å². The van der Waals surface area contributed by atoms with Gasteiger partial charge in [0.1, 0.15) is 5.15 Å². The van der Waals surface area contributed by atoms with Gasteiger partial charge in [0.25, 0.3) is 0 Å². The fourth-order valence-corrected chi connectivity index (χ4v) is 2.94. The number of likely N-dealkylation sites (N-methyl/N-ethyl adjacent to an activating group) is 1. The Bertz CT molecular complexity index is 328. The highest BCUT2D eigenvalue weighted by atomic mass is 35.5. The second kappa shape index (κ2) is 4.68. The molecule has 0 aliphatic carbocycles. The third-order valence-corrected chi connectivity index (χ3v) is 4.21. The van der Waals surface area contributed by atoms with Crippen molar-refractivity contribution in [3.8, 4) is 0 Å². The number of thiazole rings is 1. The van der Waals surface area contributed by atoms with Crippen molar-refractivity contribution in [2.24, 2.45) is 0 Å². The maximum atomic E-state index is 5.84. The molecule has 1 aliphatic rings. The normalized spacial score (nSPS) is 23.4. The third-order valence-electron chi connectivity index (χ3n) is 2.98. The second-order valence-electron chi connectivity index (χ2n) is 3.94. The van der Waals surface area contributed by atoms with Crippen molar-refractivity contribution in [2.45, 2.75) is 19.4 Å². The molecule has 0 saturated carbocycles. The fraction of sp³-hybridized carbons (Fsp3) is 0.700. The van der Waals surface area contributed by atoms with Crippen LogP contribution in [0.25, 0.3) is 0 Å². The summed E-state index contributed by atoms with van der Waals surface area (Å²) < 4.78 is 0. The highest BCUT2D eigenvalue weighted by Crippen LogP contribution is 2.25. The standard InChI is InChI=1S/C10H16ClN3S/c1-3-8-6-14(5-4-13(8)2)10-12-9(11)7-15-10/h7-8H,3-6H2,1-2H3. The predicted octanol–water partition coefficient (Wildman–Crippen LogP) is 2.33. The third kappa shape index (κ3) is 2.44. The van der Waals surface area contributed by atoms with E-state index in [9.17, 15) is 0 Å². The summed E-state index contributed by atoms with van der Waals surface area (Å²) >= 11 is 7.47. The van der Waals surface area contributed by atoms with Gasteiger partial charge in [-0.25, -0.2) is 4.98 Å². The van der Waals surface area contributed by atoms with Gasteiger partial charge in [0, 0.05) is 31.1 Å². The molecule has 0 amide bonds. The summed E-state index contributed by atoms with van der Waals surface area (Å²) in [6.07, 6.45) is 1.19. The van der Waals surface area contributed by atoms with Gasteiger partial charge in [-0.15, -0.1) is 11.3 Å². The van der Waals surface area contributed by atoms with Crippen LogP contribution in [0, 0.1) is 0 Å². The molecule has 84 valence electrons. The molecule has 0 bridgehead atoms. The van der Waals surface area contributed by atoms with Gasteiger partial charge in [0.15, 0.2) is 5.13 Å². The number of anilines is 1. The van der Waals surface area contributed by atoms with Gasteiger partial charge in [0.2, 0.25) is 0 Å². The van der Waals surface area contributed by atoms with Crippen LogP contribution < -0.4 is 4.90 Å². The summed E-state index contributed by atoms with van der Waals surface area (Å²) in [5, 5.41) is 3.57. The van der Waals surface area contributed by atoms with Crippen LogP contribution >= 0.6 is 22.9 Å². The van der Waals surface area contributed by atoms with Crippen molar-refractivity contribution in [1.29, 1.82) is 0 Å². The molecular formula is C10H16ClN3S. The first-order valence-corrected chi connectivity index (χ1v) is 6.52. The van der Waals surface area contributed by atoms with Crippen LogP contribution in [0.15, 0.2) is 5.38 Å². The quantitative estimate of drug-likeness (QED) is 0.797. The van der Waals surface area contributed by atoms with Gasteiger partial charge in [-0.1, -0.05) is 18.5 Å². The summed E-state index contributed by atoms with van der Waals surface area (Å²) in [4.78, 5) is 9.08. The van der Waals surface area contributed by atoms with E-state index in [0.717, 1.165) is 24.8 Å². The minimum atomic E-state index is 0.613. The van der Waals surface area contributed by atoms with Crippen molar-refractivity contribution in [1.82, 2.24) is 9.88 Å². The molecule has 1 saturated heterocycles.